The lowest BCUT2D eigenvalue weighted by molar-refractivity contribution is -0.179. The molecule has 6 nitrogen and oxygen atoms in total. The molecule has 0 spiro atoms. The van der Waals surface area contributed by atoms with Gasteiger partial charge in [0, 0.05) is 12.8 Å². The third-order valence-corrected chi connectivity index (χ3v) is 3.61. The first-order valence-corrected chi connectivity index (χ1v) is 7.09. The fourth-order valence-corrected chi connectivity index (χ4v) is 2.25. The van der Waals surface area contributed by atoms with Gasteiger partial charge in [0.1, 0.15) is 5.75 Å². The molecule has 1 heterocycles. The number of rotatable bonds is 6. The highest BCUT2D eigenvalue weighted by Crippen LogP contribution is 2.29. The molecule has 0 aromatic heterocycles. The van der Waals surface area contributed by atoms with Crippen LogP contribution < -0.4 is 4.74 Å². The predicted octanol–water partition coefficient (Wildman–Crippen LogP) is 1.91. The maximum atomic E-state index is 11.8. The molecule has 1 fully saturated rings. The summed E-state index contributed by atoms with van der Waals surface area (Å²) in [5, 5.41) is 0. The molecular formula is C16H20O6. The van der Waals surface area contributed by atoms with E-state index < -0.39 is 24.1 Å². The third-order valence-electron chi connectivity index (χ3n) is 3.61. The largest absolute Gasteiger partial charge is 0.497 e. The van der Waals surface area contributed by atoms with Crippen molar-refractivity contribution in [3.63, 3.8) is 0 Å². The zero-order valence-electron chi connectivity index (χ0n) is 12.9. The lowest BCUT2D eigenvalue weighted by Crippen LogP contribution is -2.25. The van der Waals surface area contributed by atoms with Crippen LogP contribution in [0.1, 0.15) is 19.4 Å². The molecule has 0 radical (unpaired) electrons. The van der Waals surface area contributed by atoms with Crippen LogP contribution in [0.25, 0.3) is 0 Å². The van der Waals surface area contributed by atoms with Gasteiger partial charge < -0.3 is 18.9 Å². The summed E-state index contributed by atoms with van der Waals surface area (Å²) in [6.07, 6.45) is -0.820. The summed E-state index contributed by atoms with van der Waals surface area (Å²) < 4.78 is 20.7. The van der Waals surface area contributed by atoms with Crippen LogP contribution in [0.5, 0.6) is 5.75 Å². The van der Waals surface area contributed by atoms with Gasteiger partial charge in [-0.25, -0.2) is 0 Å². The first-order valence-electron chi connectivity index (χ1n) is 7.09. The van der Waals surface area contributed by atoms with Crippen molar-refractivity contribution in [2.24, 2.45) is 11.8 Å². The summed E-state index contributed by atoms with van der Waals surface area (Å²) in [5.41, 5.74) is 0.983. The Hall–Kier alpha value is -2.08. The Morgan fingerprint density at radius 3 is 2.55 bits per heavy atom. The molecule has 1 aromatic carbocycles. The lowest BCUT2D eigenvalue weighted by Gasteiger charge is -2.15. The van der Waals surface area contributed by atoms with Gasteiger partial charge in [-0.15, -0.1) is 0 Å². The van der Waals surface area contributed by atoms with Crippen molar-refractivity contribution in [3.05, 3.63) is 29.8 Å². The summed E-state index contributed by atoms with van der Waals surface area (Å²) in [7, 11) is 1.61. The van der Waals surface area contributed by atoms with Crippen LogP contribution in [0.15, 0.2) is 24.3 Å². The van der Waals surface area contributed by atoms with Crippen molar-refractivity contribution in [2.45, 2.75) is 26.7 Å². The molecule has 0 aliphatic carbocycles. The van der Waals surface area contributed by atoms with Crippen LogP contribution >= 0.6 is 0 Å². The van der Waals surface area contributed by atoms with Crippen molar-refractivity contribution in [2.75, 3.05) is 13.7 Å². The second-order valence-corrected chi connectivity index (χ2v) is 5.24. The molecule has 1 aromatic rings. The van der Waals surface area contributed by atoms with E-state index in [1.807, 2.05) is 24.3 Å². The first kappa shape index (κ1) is 16.3. The van der Waals surface area contributed by atoms with Crippen molar-refractivity contribution in [1.29, 1.82) is 0 Å². The fraction of sp³-hybridized carbons (Fsp3) is 0.500. The van der Waals surface area contributed by atoms with Crippen molar-refractivity contribution in [1.82, 2.24) is 0 Å². The second kappa shape index (κ2) is 7.26. The minimum Gasteiger partial charge on any atom is -0.497 e. The molecule has 0 unspecified atom stereocenters. The van der Waals surface area contributed by atoms with Crippen molar-refractivity contribution < 1.29 is 28.5 Å². The highest BCUT2D eigenvalue weighted by Gasteiger charge is 2.43. The zero-order chi connectivity index (χ0) is 16.1. The van der Waals surface area contributed by atoms with Crippen molar-refractivity contribution in [3.8, 4) is 5.75 Å². The number of methoxy groups -OCH3 is 1. The van der Waals surface area contributed by atoms with E-state index in [0.29, 0.717) is 6.61 Å². The van der Waals surface area contributed by atoms with Gasteiger partial charge >= 0.3 is 11.9 Å². The van der Waals surface area contributed by atoms with E-state index >= 15 is 0 Å². The van der Waals surface area contributed by atoms with E-state index in [9.17, 15) is 9.59 Å². The summed E-state index contributed by atoms with van der Waals surface area (Å²) in [4.78, 5) is 22.7. The number of cyclic esters (lactones) is 1. The van der Waals surface area contributed by atoms with E-state index in [4.69, 9.17) is 18.9 Å². The Labute approximate surface area is 129 Å². The number of carbonyl (C=O) groups is 2. The second-order valence-electron chi connectivity index (χ2n) is 5.24. The van der Waals surface area contributed by atoms with Crippen LogP contribution in [-0.2, 0) is 30.4 Å². The number of esters is 2. The molecule has 1 aliphatic rings. The van der Waals surface area contributed by atoms with Gasteiger partial charge in [-0.2, -0.15) is 0 Å². The maximum absolute atomic E-state index is 11.8. The highest BCUT2D eigenvalue weighted by molar-refractivity contribution is 5.75. The van der Waals surface area contributed by atoms with Crippen molar-refractivity contribution >= 4 is 11.9 Å². The van der Waals surface area contributed by atoms with Gasteiger partial charge in [0.15, 0.2) is 0 Å². The van der Waals surface area contributed by atoms with Crippen LogP contribution in [0, 0.1) is 11.8 Å². The molecule has 3 atom stereocenters. The van der Waals surface area contributed by atoms with E-state index in [1.165, 1.54) is 6.92 Å². The summed E-state index contributed by atoms with van der Waals surface area (Å²) >= 11 is 0. The predicted molar refractivity (Wildman–Crippen MR) is 77.0 cm³/mol. The number of hydrogen-bond donors (Lipinski definition) is 0. The van der Waals surface area contributed by atoms with Gasteiger partial charge in [-0.05, 0) is 17.7 Å². The number of benzene rings is 1. The molecule has 0 N–H and O–H groups in total. The SMILES string of the molecule is COc1ccc(COC[C@H]2C(=O)O[C@@H](OC(C)=O)[C@H]2C)cc1. The topological polar surface area (TPSA) is 71.1 Å². The molecule has 0 saturated carbocycles. The van der Waals surface area contributed by atoms with Crippen LogP contribution in [0.2, 0.25) is 0 Å². The van der Waals surface area contributed by atoms with Gasteiger partial charge in [0.05, 0.1) is 26.2 Å². The standard InChI is InChI=1S/C16H20O6/c1-10-14(15(18)22-16(10)21-11(2)17)9-20-8-12-4-6-13(19-3)7-5-12/h4-7,10,14,16H,8-9H2,1-3H3/t10-,14+,16+/m0/s1. The summed E-state index contributed by atoms with van der Waals surface area (Å²) in [6, 6.07) is 7.50. The first-order chi connectivity index (χ1) is 10.5. The maximum Gasteiger partial charge on any atom is 0.314 e. The van der Waals surface area contributed by atoms with E-state index in [2.05, 4.69) is 0 Å². The monoisotopic (exact) mass is 308 g/mol. The average Bonchev–Trinajstić information content (AvgIpc) is 2.74. The molecule has 2 rings (SSSR count). The summed E-state index contributed by atoms with van der Waals surface area (Å²) in [6.45, 7) is 3.70. The molecule has 120 valence electrons. The molecule has 0 amide bonds. The number of hydrogen-bond acceptors (Lipinski definition) is 6. The van der Waals surface area contributed by atoms with Gasteiger partial charge in [0.25, 0.3) is 6.29 Å². The van der Waals surface area contributed by atoms with Crippen LogP contribution in [0.3, 0.4) is 0 Å². The Morgan fingerprint density at radius 2 is 1.95 bits per heavy atom. The summed E-state index contributed by atoms with van der Waals surface area (Å²) in [5.74, 6) is -0.742. The molecule has 1 saturated heterocycles. The Kier molecular flexibility index (Phi) is 5.38. The smallest absolute Gasteiger partial charge is 0.314 e. The lowest BCUT2D eigenvalue weighted by atomic mass is 9.97. The minimum atomic E-state index is -0.820. The normalized spacial score (nSPS) is 24.0. The highest BCUT2D eigenvalue weighted by atomic mass is 16.7. The zero-order valence-corrected chi connectivity index (χ0v) is 12.9. The number of ether oxygens (including phenoxy) is 4. The Balaban J connectivity index is 1.83. The van der Waals surface area contributed by atoms with E-state index in [-0.39, 0.29) is 12.5 Å². The molecule has 0 bridgehead atoms. The average molecular weight is 308 g/mol. The van der Waals surface area contributed by atoms with Gasteiger partial charge in [-0.3, -0.25) is 9.59 Å². The van der Waals surface area contributed by atoms with E-state index in [0.717, 1.165) is 11.3 Å². The Morgan fingerprint density at radius 1 is 1.27 bits per heavy atom. The number of carbonyl (C=O) groups excluding carboxylic acids is 2. The third kappa shape index (κ3) is 3.98. The minimum absolute atomic E-state index is 0.226. The molecule has 6 heteroatoms. The van der Waals surface area contributed by atoms with Gasteiger partial charge in [-0.1, -0.05) is 19.1 Å². The molecular weight excluding hydrogens is 288 g/mol. The van der Waals surface area contributed by atoms with Gasteiger partial charge in [0.2, 0.25) is 0 Å². The molecule has 22 heavy (non-hydrogen) atoms. The van der Waals surface area contributed by atoms with Crippen LogP contribution in [0.4, 0.5) is 0 Å². The fourth-order valence-electron chi connectivity index (χ4n) is 2.25. The Bertz CT molecular complexity index is 524. The quantitative estimate of drug-likeness (QED) is 0.748. The van der Waals surface area contributed by atoms with Crippen LogP contribution in [-0.4, -0.2) is 31.9 Å². The van der Waals surface area contributed by atoms with E-state index in [1.54, 1.807) is 14.0 Å². The molecule has 1 aliphatic heterocycles.